The third-order valence-corrected chi connectivity index (χ3v) is 3.95. The van der Waals surface area contributed by atoms with Crippen molar-refractivity contribution in [1.29, 1.82) is 0 Å². The minimum atomic E-state index is -0.283. The zero-order chi connectivity index (χ0) is 17.5. The second-order valence-corrected chi connectivity index (χ2v) is 6.01. The monoisotopic (exact) mass is 362 g/mol. The fourth-order valence-electron chi connectivity index (χ4n) is 1.99. The van der Waals surface area contributed by atoms with E-state index in [9.17, 15) is 4.79 Å². The lowest BCUT2D eigenvalue weighted by Crippen LogP contribution is -2.34. The Hall–Kier alpha value is -2.11. The van der Waals surface area contributed by atoms with Crippen molar-refractivity contribution in [3.8, 4) is 5.75 Å². The topological polar surface area (TPSA) is 50.4 Å². The molecule has 0 aliphatic carbocycles. The predicted molar refractivity (Wildman–Crippen MR) is 102 cm³/mol. The van der Waals surface area contributed by atoms with Crippen LogP contribution in [0, 0.1) is 6.92 Å². The van der Waals surface area contributed by atoms with Gasteiger partial charge in [0, 0.05) is 16.3 Å². The van der Waals surface area contributed by atoms with Crippen LogP contribution in [0.4, 0.5) is 5.69 Å². The maximum atomic E-state index is 12.2. The predicted octanol–water partition coefficient (Wildman–Crippen LogP) is 4.56. The number of nitrogens with one attached hydrogen (secondary N) is 2. The van der Waals surface area contributed by atoms with E-state index in [0.717, 1.165) is 23.4 Å². The van der Waals surface area contributed by atoms with Crippen LogP contribution in [0.1, 0.15) is 29.3 Å². The maximum Gasteiger partial charge on any atom is 0.257 e. The highest BCUT2D eigenvalue weighted by atomic mass is 35.5. The van der Waals surface area contributed by atoms with Crippen LogP contribution < -0.4 is 15.4 Å². The summed E-state index contributed by atoms with van der Waals surface area (Å²) in [5, 5.41) is 6.49. The second kappa shape index (κ2) is 8.66. The van der Waals surface area contributed by atoms with Gasteiger partial charge in [0.2, 0.25) is 0 Å². The molecule has 6 heteroatoms. The first kappa shape index (κ1) is 18.2. The van der Waals surface area contributed by atoms with E-state index in [1.807, 2.05) is 26.0 Å². The van der Waals surface area contributed by atoms with Gasteiger partial charge < -0.3 is 10.1 Å². The number of ether oxygens (including phenoxy) is 1. The lowest BCUT2D eigenvalue weighted by molar-refractivity contribution is 0.0977. The molecule has 0 aliphatic rings. The van der Waals surface area contributed by atoms with Crippen LogP contribution in [0.5, 0.6) is 5.75 Å². The Morgan fingerprint density at radius 3 is 2.58 bits per heavy atom. The van der Waals surface area contributed by atoms with Gasteiger partial charge in [-0.1, -0.05) is 24.6 Å². The molecule has 1 amide bonds. The van der Waals surface area contributed by atoms with Crippen LogP contribution in [0.15, 0.2) is 42.5 Å². The van der Waals surface area contributed by atoms with E-state index >= 15 is 0 Å². The molecule has 0 fully saturated rings. The van der Waals surface area contributed by atoms with Crippen LogP contribution in [-0.2, 0) is 0 Å². The molecule has 2 aromatic carbocycles. The van der Waals surface area contributed by atoms with Gasteiger partial charge in [0.05, 0.1) is 6.61 Å². The first-order chi connectivity index (χ1) is 11.5. The summed E-state index contributed by atoms with van der Waals surface area (Å²) >= 11 is 11.3. The average molecular weight is 363 g/mol. The van der Waals surface area contributed by atoms with Gasteiger partial charge in [-0.2, -0.15) is 0 Å². The molecule has 2 aromatic rings. The van der Waals surface area contributed by atoms with Crippen LogP contribution in [-0.4, -0.2) is 17.6 Å². The summed E-state index contributed by atoms with van der Waals surface area (Å²) in [7, 11) is 0. The molecule has 0 saturated carbocycles. The Balaban J connectivity index is 1.96. The molecule has 126 valence electrons. The standard InChI is InChI=1S/C18H19ClN2O2S/c1-3-11-23-14-9-7-13(8-10-14)17(22)21-18(24)20-16-6-4-5-15(19)12(16)2/h4-10H,3,11H2,1-2H3,(H2,20,21,22,24). The third-order valence-electron chi connectivity index (χ3n) is 3.33. The Morgan fingerprint density at radius 1 is 1.21 bits per heavy atom. The molecule has 2 rings (SSSR count). The number of thiocarbonyl (C=S) groups is 1. The number of benzene rings is 2. The van der Waals surface area contributed by atoms with Crippen molar-refractivity contribution in [3.05, 3.63) is 58.6 Å². The molecule has 24 heavy (non-hydrogen) atoms. The Morgan fingerprint density at radius 2 is 1.92 bits per heavy atom. The summed E-state index contributed by atoms with van der Waals surface area (Å²) < 4.78 is 5.49. The number of hydrogen-bond acceptors (Lipinski definition) is 3. The van der Waals surface area contributed by atoms with Gasteiger partial charge >= 0.3 is 0 Å². The van der Waals surface area contributed by atoms with Crippen LogP contribution in [0.2, 0.25) is 5.02 Å². The van der Waals surface area contributed by atoms with Gasteiger partial charge in [-0.25, -0.2) is 0 Å². The number of anilines is 1. The molecular formula is C18H19ClN2O2S. The number of halogens is 1. The molecule has 4 nitrogen and oxygen atoms in total. The number of rotatable bonds is 5. The summed E-state index contributed by atoms with van der Waals surface area (Å²) in [6.45, 7) is 4.57. The molecule has 0 spiro atoms. The third kappa shape index (κ3) is 4.94. The minimum Gasteiger partial charge on any atom is -0.494 e. The highest BCUT2D eigenvalue weighted by molar-refractivity contribution is 7.80. The number of hydrogen-bond donors (Lipinski definition) is 2. The molecule has 0 bridgehead atoms. The van der Waals surface area contributed by atoms with E-state index in [2.05, 4.69) is 10.6 Å². The summed E-state index contributed by atoms with van der Waals surface area (Å²) in [6, 6.07) is 12.4. The number of carbonyl (C=O) groups excluding carboxylic acids is 1. The smallest absolute Gasteiger partial charge is 0.257 e. The molecule has 2 N–H and O–H groups in total. The van der Waals surface area contributed by atoms with Crippen molar-refractivity contribution >= 4 is 40.5 Å². The van der Waals surface area contributed by atoms with E-state index in [4.69, 9.17) is 28.6 Å². The lowest BCUT2D eigenvalue weighted by atomic mass is 10.2. The fourth-order valence-corrected chi connectivity index (χ4v) is 2.37. The van der Waals surface area contributed by atoms with Gasteiger partial charge in [-0.05, 0) is 67.5 Å². The first-order valence-corrected chi connectivity index (χ1v) is 8.40. The van der Waals surface area contributed by atoms with Gasteiger partial charge in [-0.3, -0.25) is 10.1 Å². The van der Waals surface area contributed by atoms with Crippen LogP contribution in [0.3, 0.4) is 0 Å². The summed E-state index contributed by atoms with van der Waals surface area (Å²) in [5.41, 5.74) is 2.13. The molecule has 0 unspecified atom stereocenters. The average Bonchev–Trinajstić information content (AvgIpc) is 2.57. The van der Waals surface area contributed by atoms with Gasteiger partial charge in [-0.15, -0.1) is 0 Å². The van der Waals surface area contributed by atoms with E-state index in [-0.39, 0.29) is 11.0 Å². The molecule has 0 atom stereocenters. The summed E-state index contributed by atoms with van der Waals surface area (Å²) in [6.07, 6.45) is 0.936. The molecular weight excluding hydrogens is 344 g/mol. The quantitative estimate of drug-likeness (QED) is 0.765. The largest absolute Gasteiger partial charge is 0.494 e. The summed E-state index contributed by atoms with van der Waals surface area (Å²) in [4.78, 5) is 12.2. The molecule has 0 radical (unpaired) electrons. The van der Waals surface area contributed by atoms with Gasteiger partial charge in [0.1, 0.15) is 5.75 Å². The normalized spacial score (nSPS) is 10.1. The van der Waals surface area contributed by atoms with Gasteiger partial charge in [0.25, 0.3) is 5.91 Å². The SMILES string of the molecule is CCCOc1ccc(C(=O)NC(=S)Nc2cccc(Cl)c2C)cc1. The Bertz CT molecular complexity index is 732. The fraction of sp³-hybridized carbons (Fsp3) is 0.222. The van der Waals surface area contributed by atoms with Crippen molar-refractivity contribution < 1.29 is 9.53 Å². The van der Waals surface area contributed by atoms with E-state index in [0.29, 0.717) is 17.2 Å². The van der Waals surface area contributed by atoms with Crippen molar-refractivity contribution in [2.75, 3.05) is 11.9 Å². The maximum absolute atomic E-state index is 12.2. The highest BCUT2D eigenvalue weighted by Gasteiger charge is 2.09. The lowest BCUT2D eigenvalue weighted by Gasteiger charge is -2.12. The van der Waals surface area contributed by atoms with E-state index in [1.54, 1.807) is 30.3 Å². The first-order valence-electron chi connectivity index (χ1n) is 7.61. The van der Waals surface area contributed by atoms with Crippen LogP contribution >= 0.6 is 23.8 Å². The van der Waals surface area contributed by atoms with E-state index < -0.39 is 0 Å². The molecule has 0 aromatic heterocycles. The molecule has 0 aliphatic heterocycles. The Kier molecular flexibility index (Phi) is 6.58. The Labute approximate surface area is 152 Å². The zero-order valence-corrected chi connectivity index (χ0v) is 15.1. The van der Waals surface area contributed by atoms with Crippen molar-refractivity contribution in [1.82, 2.24) is 5.32 Å². The van der Waals surface area contributed by atoms with Crippen molar-refractivity contribution in [2.24, 2.45) is 0 Å². The molecule has 0 heterocycles. The number of carbonyl (C=O) groups is 1. The van der Waals surface area contributed by atoms with Gasteiger partial charge in [0.15, 0.2) is 5.11 Å². The van der Waals surface area contributed by atoms with Crippen LogP contribution in [0.25, 0.3) is 0 Å². The van der Waals surface area contributed by atoms with Crippen molar-refractivity contribution in [3.63, 3.8) is 0 Å². The number of amides is 1. The van der Waals surface area contributed by atoms with Crippen molar-refractivity contribution in [2.45, 2.75) is 20.3 Å². The summed E-state index contributed by atoms with van der Waals surface area (Å²) in [5.74, 6) is 0.456. The highest BCUT2D eigenvalue weighted by Crippen LogP contribution is 2.22. The minimum absolute atomic E-state index is 0.219. The zero-order valence-electron chi connectivity index (χ0n) is 13.6. The van der Waals surface area contributed by atoms with E-state index in [1.165, 1.54) is 0 Å². The second-order valence-electron chi connectivity index (χ2n) is 5.19. The molecule has 0 saturated heterocycles.